The Kier molecular flexibility index (Phi) is 4.02. The molecular formula is C9H19N3O. The van der Waals surface area contributed by atoms with Gasteiger partial charge in [0.15, 0.2) is 0 Å². The number of amides is 2. The van der Waals surface area contributed by atoms with Crippen molar-refractivity contribution in [2.45, 2.75) is 25.8 Å². The van der Waals surface area contributed by atoms with Crippen molar-refractivity contribution >= 4 is 6.03 Å². The fourth-order valence-electron chi connectivity index (χ4n) is 1.65. The van der Waals surface area contributed by atoms with Crippen LogP contribution in [-0.2, 0) is 0 Å². The van der Waals surface area contributed by atoms with Crippen LogP contribution in [0.4, 0.5) is 4.79 Å². The van der Waals surface area contributed by atoms with E-state index in [0.717, 1.165) is 32.5 Å². The number of carbonyl (C=O) groups excluding carboxylic acids is 1. The third-order valence-electron chi connectivity index (χ3n) is 2.60. The van der Waals surface area contributed by atoms with Crippen LogP contribution in [0.3, 0.4) is 0 Å². The lowest BCUT2D eigenvalue weighted by Gasteiger charge is -2.31. The Labute approximate surface area is 79.7 Å². The highest BCUT2D eigenvalue weighted by Crippen LogP contribution is 2.09. The number of piperidine rings is 1. The van der Waals surface area contributed by atoms with Crippen molar-refractivity contribution in [1.29, 1.82) is 0 Å². The molecule has 0 unspecified atom stereocenters. The van der Waals surface area contributed by atoms with Gasteiger partial charge in [-0.2, -0.15) is 0 Å². The van der Waals surface area contributed by atoms with Crippen LogP contribution < -0.4 is 10.6 Å². The Hall–Kier alpha value is -0.770. The van der Waals surface area contributed by atoms with Crippen molar-refractivity contribution in [3.63, 3.8) is 0 Å². The summed E-state index contributed by atoms with van der Waals surface area (Å²) in [6.45, 7) is 5.50. The highest BCUT2D eigenvalue weighted by molar-refractivity contribution is 5.73. The van der Waals surface area contributed by atoms with Crippen LogP contribution in [0.2, 0.25) is 0 Å². The van der Waals surface area contributed by atoms with Gasteiger partial charge in [0.05, 0.1) is 0 Å². The molecule has 76 valence electrons. The topological polar surface area (TPSA) is 44.4 Å². The molecule has 0 aromatic carbocycles. The summed E-state index contributed by atoms with van der Waals surface area (Å²) >= 11 is 0. The predicted molar refractivity (Wildman–Crippen MR) is 52.7 cm³/mol. The minimum absolute atomic E-state index is 0.0602. The number of likely N-dealkylation sites (tertiary alicyclic amines) is 1. The number of hydrogen-bond donors (Lipinski definition) is 2. The number of rotatable bonds is 2. The second-order valence-electron chi connectivity index (χ2n) is 3.43. The summed E-state index contributed by atoms with van der Waals surface area (Å²) in [5.41, 5.74) is 0. The first-order chi connectivity index (χ1) is 6.26. The standard InChI is InChI=1S/C9H19N3O/c1-3-12-6-4-8(5-7-12)11-9(13)10-2/h8H,3-7H2,1-2H3,(H2,10,11,13). The average Bonchev–Trinajstić information content (AvgIpc) is 2.19. The van der Waals surface area contributed by atoms with Crippen LogP contribution in [0.1, 0.15) is 19.8 Å². The summed E-state index contributed by atoms with van der Waals surface area (Å²) in [4.78, 5) is 13.4. The van der Waals surface area contributed by atoms with Gasteiger partial charge < -0.3 is 15.5 Å². The summed E-state index contributed by atoms with van der Waals surface area (Å²) in [6.07, 6.45) is 2.14. The van der Waals surface area contributed by atoms with Crippen LogP contribution >= 0.6 is 0 Å². The number of urea groups is 1. The van der Waals surface area contributed by atoms with Crippen LogP contribution in [0.15, 0.2) is 0 Å². The van der Waals surface area contributed by atoms with Gasteiger partial charge in [-0.3, -0.25) is 0 Å². The molecule has 13 heavy (non-hydrogen) atoms. The Morgan fingerprint density at radius 2 is 2.08 bits per heavy atom. The second-order valence-corrected chi connectivity index (χ2v) is 3.43. The van der Waals surface area contributed by atoms with Crippen molar-refractivity contribution in [2.24, 2.45) is 0 Å². The monoisotopic (exact) mass is 185 g/mol. The molecule has 1 rings (SSSR count). The Balaban J connectivity index is 2.21. The zero-order valence-corrected chi connectivity index (χ0v) is 8.47. The average molecular weight is 185 g/mol. The van der Waals surface area contributed by atoms with E-state index in [1.807, 2.05) is 0 Å². The molecular weight excluding hydrogens is 166 g/mol. The normalized spacial score (nSPS) is 19.8. The van der Waals surface area contributed by atoms with Crippen LogP contribution in [0.5, 0.6) is 0 Å². The Morgan fingerprint density at radius 1 is 1.46 bits per heavy atom. The Bertz CT molecular complexity index is 164. The molecule has 0 radical (unpaired) electrons. The van der Waals surface area contributed by atoms with Gasteiger partial charge in [0, 0.05) is 26.2 Å². The molecule has 1 aliphatic rings. The molecule has 1 fully saturated rings. The van der Waals surface area contributed by atoms with Gasteiger partial charge in [-0.25, -0.2) is 4.79 Å². The van der Waals surface area contributed by atoms with Gasteiger partial charge in [0.1, 0.15) is 0 Å². The molecule has 0 aromatic heterocycles. The molecule has 1 saturated heterocycles. The number of hydrogen-bond acceptors (Lipinski definition) is 2. The summed E-state index contributed by atoms with van der Waals surface area (Å²) < 4.78 is 0. The van der Waals surface area contributed by atoms with Gasteiger partial charge in [-0.15, -0.1) is 0 Å². The van der Waals surface area contributed by atoms with E-state index >= 15 is 0 Å². The summed E-state index contributed by atoms with van der Waals surface area (Å²) in [7, 11) is 1.65. The second kappa shape index (κ2) is 5.07. The molecule has 2 N–H and O–H groups in total. The summed E-state index contributed by atoms with van der Waals surface area (Å²) in [6, 6.07) is 0.303. The van der Waals surface area contributed by atoms with E-state index in [4.69, 9.17) is 0 Å². The van der Waals surface area contributed by atoms with Crippen molar-refractivity contribution in [3.8, 4) is 0 Å². The van der Waals surface area contributed by atoms with Crippen molar-refractivity contribution in [1.82, 2.24) is 15.5 Å². The molecule has 0 atom stereocenters. The van der Waals surface area contributed by atoms with Crippen molar-refractivity contribution in [2.75, 3.05) is 26.7 Å². The quantitative estimate of drug-likeness (QED) is 0.654. The molecule has 4 heteroatoms. The zero-order chi connectivity index (χ0) is 9.68. The molecule has 1 aliphatic heterocycles. The van der Waals surface area contributed by atoms with E-state index in [2.05, 4.69) is 22.5 Å². The molecule has 1 heterocycles. The zero-order valence-electron chi connectivity index (χ0n) is 8.47. The number of nitrogens with zero attached hydrogens (tertiary/aromatic N) is 1. The lowest BCUT2D eigenvalue weighted by Crippen LogP contribution is -2.47. The van der Waals surface area contributed by atoms with E-state index in [1.54, 1.807) is 7.05 Å². The molecule has 2 amide bonds. The van der Waals surface area contributed by atoms with Gasteiger partial charge >= 0.3 is 6.03 Å². The first-order valence-electron chi connectivity index (χ1n) is 4.97. The van der Waals surface area contributed by atoms with Gasteiger partial charge in [-0.05, 0) is 19.4 Å². The molecule has 0 aromatic rings. The molecule has 0 saturated carbocycles. The minimum atomic E-state index is -0.0602. The minimum Gasteiger partial charge on any atom is -0.341 e. The molecule has 0 bridgehead atoms. The molecule has 0 aliphatic carbocycles. The lowest BCUT2D eigenvalue weighted by molar-refractivity contribution is 0.199. The van der Waals surface area contributed by atoms with Crippen LogP contribution in [0.25, 0.3) is 0 Å². The van der Waals surface area contributed by atoms with Crippen LogP contribution in [0, 0.1) is 0 Å². The maximum atomic E-state index is 11.0. The van der Waals surface area contributed by atoms with Gasteiger partial charge in [0.25, 0.3) is 0 Å². The summed E-state index contributed by atoms with van der Waals surface area (Å²) in [5, 5.41) is 5.51. The smallest absolute Gasteiger partial charge is 0.314 e. The molecule has 0 spiro atoms. The van der Waals surface area contributed by atoms with Gasteiger partial charge in [0.2, 0.25) is 0 Å². The number of carbonyl (C=O) groups is 1. The van der Waals surface area contributed by atoms with E-state index in [-0.39, 0.29) is 6.03 Å². The van der Waals surface area contributed by atoms with Crippen molar-refractivity contribution < 1.29 is 4.79 Å². The SMILES string of the molecule is CCN1CCC(NC(=O)NC)CC1. The summed E-state index contributed by atoms with van der Waals surface area (Å²) in [5.74, 6) is 0. The Morgan fingerprint density at radius 3 is 2.54 bits per heavy atom. The van der Waals surface area contributed by atoms with Crippen molar-refractivity contribution in [3.05, 3.63) is 0 Å². The van der Waals surface area contributed by atoms with Crippen LogP contribution in [-0.4, -0.2) is 43.7 Å². The molecule has 4 nitrogen and oxygen atoms in total. The maximum absolute atomic E-state index is 11.0. The third kappa shape index (κ3) is 3.22. The number of nitrogens with one attached hydrogen (secondary N) is 2. The van der Waals surface area contributed by atoms with E-state index in [0.29, 0.717) is 6.04 Å². The van der Waals surface area contributed by atoms with E-state index in [9.17, 15) is 4.79 Å². The predicted octanol–water partition coefficient (Wildman–Crippen LogP) is 0.400. The van der Waals surface area contributed by atoms with Gasteiger partial charge in [-0.1, -0.05) is 6.92 Å². The largest absolute Gasteiger partial charge is 0.341 e. The van der Waals surface area contributed by atoms with E-state index < -0.39 is 0 Å². The first-order valence-corrected chi connectivity index (χ1v) is 4.97. The maximum Gasteiger partial charge on any atom is 0.314 e. The fourth-order valence-corrected chi connectivity index (χ4v) is 1.65. The fraction of sp³-hybridized carbons (Fsp3) is 0.889. The third-order valence-corrected chi connectivity index (χ3v) is 2.60. The van der Waals surface area contributed by atoms with E-state index in [1.165, 1.54) is 0 Å². The lowest BCUT2D eigenvalue weighted by atomic mass is 10.1. The highest BCUT2D eigenvalue weighted by atomic mass is 16.2. The first kappa shape index (κ1) is 10.3. The highest BCUT2D eigenvalue weighted by Gasteiger charge is 2.18.